The molecule has 4 bridgehead atoms. The molecule has 32 heavy (non-hydrogen) atoms. The summed E-state index contributed by atoms with van der Waals surface area (Å²) in [5.41, 5.74) is -3.68. The Morgan fingerprint density at radius 3 is 2.38 bits per heavy atom. The molecule has 6 atom stereocenters. The van der Waals surface area contributed by atoms with Gasteiger partial charge in [-0.15, -0.1) is 0 Å². The smallest absolute Gasteiger partial charge is 0.338 e. The van der Waals surface area contributed by atoms with E-state index in [9.17, 15) is 18.3 Å². The number of carbonyl (C=O) groups is 1. The average molecular weight is 463 g/mol. The Morgan fingerprint density at radius 1 is 1.16 bits per heavy atom. The topological polar surface area (TPSA) is 99.1 Å². The van der Waals surface area contributed by atoms with Gasteiger partial charge in [0.15, 0.2) is 0 Å². The van der Waals surface area contributed by atoms with Crippen LogP contribution >= 0.6 is 0 Å². The zero-order chi connectivity index (χ0) is 23.5. The second-order valence-corrected chi connectivity index (χ2v) is 11.9. The molecule has 7 nitrogen and oxygen atoms in total. The molecule has 8 heteroatoms. The number of rotatable bonds is 4. The maximum absolute atomic E-state index is 14.1. The SMILES string of the molecule is COC12OCC3(C)C4(O)CC[C@H](C)C4(C1=O)C(C)=C(OS(=O)(=O)c1ccc(C)cc1)C23C. The van der Waals surface area contributed by atoms with E-state index in [1.807, 2.05) is 20.8 Å². The van der Waals surface area contributed by atoms with Crippen molar-refractivity contribution in [1.29, 1.82) is 0 Å². The van der Waals surface area contributed by atoms with Gasteiger partial charge < -0.3 is 18.8 Å². The normalized spacial score (nSPS) is 44.8. The second kappa shape index (κ2) is 6.03. The molecule has 0 radical (unpaired) electrons. The standard InChI is InChI=1S/C24H30O7S/c1-14-7-9-17(10-8-14)32(27,28)31-18-16(3)23-15(2)11-12-22(23,26)20(4)13-30-24(29-6,19(23)25)21(18,20)5/h7-10,15,26H,11-13H2,1-6H3/t15-,20?,21?,22?,23?,24?/m0/s1. The first-order chi connectivity index (χ1) is 14.8. The molecule has 2 saturated carbocycles. The highest BCUT2D eigenvalue weighted by molar-refractivity contribution is 7.86. The van der Waals surface area contributed by atoms with Crippen molar-refractivity contribution in [3.05, 3.63) is 41.2 Å². The van der Waals surface area contributed by atoms with Crippen LogP contribution in [0.4, 0.5) is 0 Å². The van der Waals surface area contributed by atoms with Crippen LogP contribution in [0.2, 0.25) is 0 Å². The molecule has 6 rings (SSSR count). The molecule has 5 aliphatic rings. The van der Waals surface area contributed by atoms with Crippen LogP contribution in [0, 0.1) is 29.1 Å². The van der Waals surface area contributed by atoms with Crippen molar-refractivity contribution in [1.82, 2.24) is 0 Å². The van der Waals surface area contributed by atoms with E-state index in [1.54, 1.807) is 26.0 Å². The summed E-state index contributed by atoms with van der Waals surface area (Å²) in [7, 11) is -2.80. The fraction of sp³-hybridized carbons (Fsp3) is 0.625. The van der Waals surface area contributed by atoms with Crippen molar-refractivity contribution in [3.8, 4) is 0 Å². The molecule has 1 aromatic rings. The number of Topliss-reactive ketones (excluding diaryl/α,β-unsaturated/α-hetero) is 1. The van der Waals surface area contributed by atoms with Crippen LogP contribution in [0.3, 0.4) is 0 Å². The highest BCUT2D eigenvalue weighted by atomic mass is 32.2. The van der Waals surface area contributed by atoms with Crippen LogP contribution in [-0.4, -0.2) is 44.4 Å². The molecule has 174 valence electrons. The fourth-order valence-corrected chi connectivity index (χ4v) is 8.60. The van der Waals surface area contributed by atoms with Crippen molar-refractivity contribution in [2.24, 2.45) is 22.2 Å². The monoisotopic (exact) mass is 462 g/mol. The molecule has 1 aliphatic heterocycles. The summed E-state index contributed by atoms with van der Waals surface area (Å²) in [5, 5.41) is 12.2. The first kappa shape index (κ1) is 22.1. The minimum Gasteiger partial charge on any atom is -0.388 e. The third-order valence-corrected chi connectivity index (χ3v) is 10.6. The minimum absolute atomic E-state index is 0.0249. The van der Waals surface area contributed by atoms with Gasteiger partial charge in [-0.05, 0) is 57.2 Å². The summed E-state index contributed by atoms with van der Waals surface area (Å²) in [5.74, 6) is -2.15. The largest absolute Gasteiger partial charge is 0.388 e. The zero-order valence-corrected chi connectivity index (χ0v) is 20.1. The summed E-state index contributed by atoms with van der Waals surface area (Å²) in [4.78, 5) is 14.2. The lowest BCUT2D eigenvalue weighted by Crippen LogP contribution is -2.80. The van der Waals surface area contributed by atoms with Gasteiger partial charge >= 0.3 is 10.1 Å². The third-order valence-electron chi connectivity index (χ3n) is 9.40. The van der Waals surface area contributed by atoms with Crippen LogP contribution < -0.4 is 0 Å². The van der Waals surface area contributed by atoms with Crippen molar-refractivity contribution < 1.29 is 32.0 Å². The van der Waals surface area contributed by atoms with Crippen LogP contribution in [0.15, 0.2) is 40.5 Å². The van der Waals surface area contributed by atoms with Gasteiger partial charge in [-0.25, -0.2) is 0 Å². The van der Waals surface area contributed by atoms with Crippen molar-refractivity contribution in [3.63, 3.8) is 0 Å². The maximum atomic E-state index is 14.1. The van der Waals surface area contributed by atoms with E-state index >= 15 is 0 Å². The molecule has 1 aromatic carbocycles. The van der Waals surface area contributed by atoms with E-state index in [0.717, 1.165) is 5.56 Å². The lowest BCUT2D eigenvalue weighted by molar-refractivity contribution is -0.285. The zero-order valence-electron chi connectivity index (χ0n) is 19.3. The first-order valence-corrected chi connectivity index (χ1v) is 12.4. The number of methoxy groups -OCH3 is 1. The van der Waals surface area contributed by atoms with Gasteiger partial charge in [-0.2, -0.15) is 8.42 Å². The number of hydrogen-bond donors (Lipinski definition) is 1. The molecule has 1 heterocycles. The summed E-state index contributed by atoms with van der Waals surface area (Å²) < 4.78 is 44.5. The Labute approximate surface area is 188 Å². The molecule has 0 aromatic heterocycles. The van der Waals surface area contributed by atoms with E-state index in [2.05, 4.69) is 0 Å². The van der Waals surface area contributed by atoms with E-state index in [4.69, 9.17) is 13.7 Å². The Bertz CT molecular complexity index is 1170. The molecule has 4 aliphatic carbocycles. The number of ketones is 1. The Kier molecular flexibility index (Phi) is 4.16. The van der Waals surface area contributed by atoms with Gasteiger partial charge in [0.05, 0.1) is 23.0 Å². The van der Waals surface area contributed by atoms with Crippen molar-refractivity contribution in [2.75, 3.05) is 13.7 Å². The van der Waals surface area contributed by atoms with Crippen molar-refractivity contribution >= 4 is 15.9 Å². The predicted octanol–water partition coefficient (Wildman–Crippen LogP) is 3.10. The van der Waals surface area contributed by atoms with Gasteiger partial charge in [-0.3, -0.25) is 4.79 Å². The third kappa shape index (κ3) is 1.90. The fourth-order valence-electron chi connectivity index (χ4n) is 7.52. The van der Waals surface area contributed by atoms with E-state index in [-0.39, 0.29) is 29.0 Å². The van der Waals surface area contributed by atoms with Gasteiger partial charge in [0, 0.05) is 12.5 Å². The number of aryl methyl sites for hydroxylation is 1. The lowest BCUT2D eigenvalue weighted by Gasteiger charge is -2.68. The molecule has 5 unspecified atom stereocenters. The van der Waals surface area contributed by atoms with Crippen LogP contribution in [0.1, 0.15) is 46.1 Å². The highest BCUT2D eigenvalue weighted by Gasteiger charge is 2.92. The molecule has 0 amide bonds. The minimum atomic E-state index is -4.20. The summed E-state index contributed by atoms with van der Waals surface area (Å²) >= 11 is 0. The van der Waals surface area contributed by atoms with Crippen LogP contribution in [0.5, 0.6) is 0 Å². The lowest BCUT2D eigenvalue weighted by atomic mass is 9.36. The Hall–Kier alpha value is -1.74. The molecule has 1 spiro atoms. The maximum Gasteiger partial charge on any atom is 0.338 e. The summed E-state index contributed by atoms with van der Waals surface area (Å²) in [6.07, 6.45) is 1.05. The molecular formula is C24H30O7S. The number of aliphatic hydroxyl groups is 1. The Balaban J connectivity index is 1.80. The average Bonchev–Trinajstić information content (AvgIpc) is 3.14. The Morgan fingerprint density at radius 2 is 1.78 bits per heavy atom. The second-order valence-electron chi connectivity index (χ2n) is 10.3. The van der Waals surface area contributed by atoms with E-state index in [0.29, 0.717) is 18.4 Å². The van der Waals surface area contributed by atoms with Crippen LogP contribution in [0.25, 0.3) is 0 Å². The molecule has 1 N–H and O–H groups in total. The molecule has 3 fully saturated rings. The van der Waals surface area contributed by atoms with Crippen molar-refractivity contribution in [2.45, 2.75) is 63.7 Å². The number of carbonyl (C=O) groups excluding carboxylic acids is 1. The molecular weight excluding hydrogens is 432 g/mol. The van der Waals surface area contributed by atoms with Crippen LogP contribution in [-0.2, 0) is 28.6 Å². The van der Waals surface area contributed by atoms with E-state index in [1.165, 1.54) is 19.2 Å². The number of hydrogen-bond acceptors (Lipinski definition) is 7. The summed E-state index contributed by atoms with van der Waals surface area (Å²) in [6.45, 7) is 9.16. The predicted molar refractivity (Wildman–Crippen MR) is 115 cm³/mol. The molecule has 1 saturated heterocycles. The van der Waals surface area contributed by atoms with Gasteiger partial charge in [0.1, 0.15) is 10.7 Å². The van der Waals surface area contributed by atoms with Gasteiger partial charge in [0.2, 0.25) is 11.6 Å². The number of benzene rings is 1. The first-order valence-electron chi connectivity index (χ1n) is 11.0. The van der Waals surface area contributed by atoms with Gasteiger partial charge in [-0.1, -0.05) is 31.5 Å². The van der Waals surface area contributed by atoms with Gasteiger partial charge in [0.25, 0.3) is 0 Å². The number of ether oxygens (including phenoxy) is 2. The highest BCUT2D eigenvalue weighted by Crippen LogP contribution is 2.81. The summed E-state index contributed by atoms with van der Waals surface area (Å²) in [6, 6.07) is 6.41. The quantitative estimate of drug-likeness (QED) is 0.687. The van der Waals surface area contributed by atoms with E-state index < -0.39 is 37.8 Å².